The molecule has 3 unspecified atom stereocenters. The number of benzene rings is 10. The fraction of sp³-hybridized carbons (Fsp3) is 0.0429. The highest BCUT2D eigenvalue weighted by atomic mass is 16.5. The molecule has 3 aliphatic rings. The van der Waals surface area contributed by atoms with Crippen LogP contribution >= 0.6 is 0 Å². The fourth-order valence-electron chi connectivity index (χ4n) is 13.0. The molecule has 3 atom stereocenters. The summed E-state index contributed by atoms with van der Waals surface area (Å²) < 4.78 is 12.1. The van der Waals surface area contributed by atoms with Gasteiger partial charge in [0.05, 0.1) is 33.2 Å². The number of para-hydroxylation sites is 4. The summed E-state index contributed by atoms with van der Waals surface area (Å²) >= 11 is 0. The van der Waals surface area contributed by atoms with Crippen LogP contribution in [0.1, 0.15) is 16.7 Å². The molecule has 0 bridgehead atoms. The quantitative estimate of drug-likeness (QED) is 0.167. The maximum Gasteiger partial charge on any atom is 0.164 e. The van der Waals surface area contributed by atoms with Crippen molar-refractivity contribution in [3.8, 4) is 73.5 Å². The summed E-state index contributed by atoms with van der Waals surface area (Å²) in [5, 5.41) is 4.69. The molecule has 2 aliphatic heterocycles. The number of ether oxygens (including phenoxy) is 1. The summed E-state index contributed by atoms with van der Waals surface area (Å²) in [4.78, 5) is 15.8. The second-order valence-corrected chi connectivity index (χ2v) is 20.2. The van der Waals surface area contributed by atoms with Crippen LogP contribution in [0.15, 0.2) is 261 Å². The molecule has 13 aromatic rings. The molecule has 0 N–H and O–H groups in total. The lowest BCUT2D eigenvalue weighted by Gasteiger charge is -2.51. The summed E-state index contributed by atoms with van der Waals surface area (Å²) in [6.07, 6.45) is 8.79. The molecule has 0 amide bonds. The number of aromatic nitrogens is 5. The molecule has 1 spiro atoms. The van der Waals surface area contributed by atoms with E-state index < -0.39 is 5.41 Å². The predicted molar refractivity (Wildman–Crippen MR) is 308 cm³/mol. The number of nitrogens with zero attached hydrogens (tertiary/aromatic N) is 5. The lowest BCUT2D eigenvalue weighted by atomic mass is 9.56. The van der Waals surface area contributed by atoms with Crippen molar-refractivity contribution in [3.05, 3.63) is 278 Å². The number of hydrogen-bond donors (Lipinski definition) is 0. The molecule has 6 nitrogen and oxygen atoms in total. The first-order valence-corrected chi connectivity index (χ1v) is 26.1. The number of hydrogen-bond acceptors (Lipinski definition) is 4. The van der Waals surface area contributed by atoms with Gasteiger partial charge in [0, 0.05) is 55.4 Å². The van der Waals surface area contributed by atoms with Crippen molar-refractivity contribution in [1.29, 1.82) is 0 Å². The molecule has 16 rings (SSSR count). The molecule has 0 fully saturated rings. The molecule has 3 aromatic heterocycles. The monoisotopic (exact) mass is 971 g/mol. The Hall–Kier alpha value is -9.91. The van der Waals surface area contributed by atoms with Crippen LogP contribution in [0.25, 0.3) is 111 Å². The molecule has 1 aliphatic carbocycles. The smallest absolute Gasteiger partial charge is 0.164 e. The van der Waals surface area contributed by atoms with E-state index in [1.165, 1.54) is 44.2 Å². The van der Waals surface area contributed by atoms with Crippen molar-refractivity contribution in [2.75, 3.05) is 0 Å². The van der Waals surface area contributed by atoms with Crippen LogP contribution in [0, 0.1) is 5.92 Å². The zero-order chi connectivity index (χ0) is 49.9. The van der Waals surface area contributed by atoms with E-state index in [0.29, 0.717) is 17.5 Å². The van der Waals surface area contributed by atoms with Gasteiger partial charge in [-0.3, -0.25) is 0 Å². The van der Waals surface area contributed by atoms with Crippen molar-refractivity contribution in [2.45, 2.75) is 11.5 Å². The van der Waals surface area contributed by atoms with Gasteiger partial charge in [-0.15, -0.1) is 0 Å². The van der Waals surface area contributed by atoms with E-state index >= 15 is 0 Å². The van der Waals surface area contributed by atoms with Crippen molar-refractivity contribution < 1.29 is 4.74 Å². The van der Waals surface area contributed by atoms with Crippen molar-refractivity contribution >= 4 is 43.6 Å². The van der Waals surface area contributed by atoms with Crippen molar-refractivity contribution in [2.24, 2.45) is 5.92 Å². The van der Waals surface area contributed by atoms with Crippen LogP contribution in [-0.4, -0.2) is 30.2 Å². The first-order valence-electron chi connectivity index (χ1n) is 26.1. The van der Waals surface area contributed by atoms with Gasteiger partial charge >= 0.3 is 0 Å². The minimum atomic E-state index is -0.535. The Bertz CT molecular complexity index is 4550. The molecule has 0 radical (unpaired) electrons. The maximum atomic E-state index is 7.23. The van der Waals surface area contributed by atoms with E-state index in [9.17, 15) is 0 Å². The lowest BCUT2D eigenvalue weighted by Crippen LogP contribution is -2.50. The highest BCUT2D eigenvalue weighted by Crippen LogP contribution is 2.60. The van der Waals surface area contributed by atoms with Gasteiger partial charge in [-0.25, -0.2) is 15.0 Å². The van der Waals surface area contributed by atoms with Crippen LogP contribution in [0.2, 0.25) is 0 Å². The molecule has 5 heterocycles. The van der Waals surface area contributed by atoms with Gasteiger partial charge in [0.15, 0.2) is 17.5 Å². The Morgan fingerprint density at radius 1 is 0.382 bits per heavy atom. The summed E-state index contributed by atoms with van der Waals surface area (Å²) in [6.45, 7) is 0. The predicted octanol–water partition coefficient (Wildman–Crippen LogP) is 16.6. The number of rotatable bonds is 6. The number of allylic oxidation sites excluding steroid dienone is 2. The van der Waals surface area contributed by atoms with Crippen LogP contribution < -0.4 is 4.74 Å². The lowest BCUT2D eigenvalue weighted by molar-refractivity contribution is 0.139. The molecule has 0 saturated carbocycles. The van der Waals surface area contributed by atoms with Crippen LogP contribution in [-0.2, 0) is 5.41 Å². The van der Waals surface area contributed by atoms with E-state index in [-0.39, 0.29) is 12.0 Å². The molecule has 356 valence electrons. The molecule has 6 heteroatoms. The van der Waals surface area contributed by atoms with E-state index in [1.54, 1.807) is 0 Å². The molecular formula is C70H45N5O. The van der Waals surface area contributed by atoms with Crippen molar-refractivity contribution in [1.82, 2.24) is 24.1 Å². The van der Waals surface area contributed by atoms with E-state index in [4.69, 9.17) is 19.7 Å². The first-order chi connectivity index (χ1) is 37.7. The zero-order valence-corrected chi connectivity index (χ0v) is 41.1. The van der Waals surface area contributed by atoms with Crippen molar-refractivity contribution in [3.63, 3.8) is 0 Å². The Kier molecular flexibility index (Phi) is 9.27. The second kappa shape index (κ2) is 16.6. The molecule has 76 heavy (non-hydrogen) atoms. The standard InChI is InChI=1S/C70H45N5O/c1-4-18-44(19-5-1)45-34-36-47(37-35-45)68-71-67(46-20-6-2-7-21-46)72-69(73-68)53-26-17-32-62-65(53)54-42-48(39-41-60(54)74(62)50-22-8-3-9-23-50)49-38-40-57-64(43-49)76-63-33-15-12-28-56(63)70(57)55-27-11-14-31-61(55)75-59-30-13-10-24-51(59)52-25-16-29-58(70)66(52)75/h1-43,56,63H. The van der Waals surface area contributed by atoms with E-state index in [2.05, 4.69) is 246 Å². The maximum absolute atomic E-state index is 7.23. The SMILES string of the molecule is C1=CC2Oc3cc(-c4ccc5c(c4)c4c(-c6nc(-c7ccccc7)nc(-c7ccc(-c8ccccc8)cc7)n6)cccc4n5-c4ccccc4)ccc3C3(c4ccccc4-n4c5ccccc5c5cccc3c54)C2C=C1. The average molecular weight is 972 g/mol. The normalized spacial score (nSPS) is 17.0. The third-order valence-corrected chi connectivity index (χ3v) is 16.2. The van der Waals surface area contributed by atoms with Gasteiger partial charge in [0.2, 0.25) is 0 Å². The highest BCUT2D eigenvalue weighted by Gasteiger charge is 2.55. The van der Waals surface area contributed by atoms with E-state index in [1.807, 2.05) is 24.3 Å². The Morgan fingerprint density at radius 3 is 1.79 bits per heavy atom. The first kappa shape index (κ1) is 42.6. The Morgan fingerprint density at radius 2 is 0.961 bits per heavy atom. The van der Waals surface area contributed by atoms with E-state index in [0.717, 1.165) is 72.2 Å². The Labute approximate surface area is 438 Å². The second-order valence-electron chi connectivity index (χ2n) is 20.2. The number of fused-ring (bicyclic) bond motifs is 14. The van der Waals surface area contributed by atoms with Gasteiger partial charge in [-0.1, -0.05) is 206 Å². The van der Waals surface area contributed by atoms with Gasteiger partial charge in [-0.2, -0.15) is 0 Å². The van der Waals surface area contributed by atoms with Gasteiger partial charge in [0.25, 0.3) is 0 Å². The molecule has 10 aromatic carbocycles. The third kappa shape index (κ3) is 6.18. The topological polar surface area (TPSA) is 57.8 Å². The summed E-state index contributed by atoms with van der Waals surface area (Å²) in [5.41, 5.74) is 17.4. The fourth-order valence-corrected chi connectivity index (χ4v) is 13.0. The van der Waals surface area contributed by atoms with Gasteiger partial charge in [0.1, 0.15) is 11.9 Å². The van der Waals surface area contributed by atoms with Crippen LogP contribution in [0.3, 0.4) is 0 Å². The molecule has 0 saturated heterocycles. The largest absolute Gasteiger partial charge is 0.485 e. The van der Waals surface area contributed by atoms with Gasteiger partial charge < -0.3 is 13.9 Å². The average Bonchev–Trinajstić information content (AvgIpc) is 4.19. The van der Waals surface area contributed by atoms with Crippen LogP contribution in [0.4, 0.5) is 0 Å². The summed E-state index contributed by atoms with van der Waals surface area (Å²) in [7, 11) is 0. The highest BCUT2D eigenvalue weighted by molar-refractivity contribution is 6.16. The summed E-state index contributed by atoms with van der Waals surface area (Å²) in [6, 6.07) is 84.9. The Balaban J connectivity index is 0.901. The summed E-state index contributed by atoms with van der Waals surface area (Å²) in [5.74, 6) is 2.75. The van der Waals surface area contributed by atoms with Crippen LogP contribution in [0.5, 0.6) is 5.75 Å². The van der Waals surface area contributed by atoms with Gasteiger partial charge in [-0.05, 0) is 88.0 Å². The minimum Gasteiger partial charge on any atom is -0.485 e. The minimum absolute atomic E-state index is 0.0141. The zero-order valence-electron chi connectivity index (χ0n) is 41.1. The molecular weight excluding hydrogens is 927 g/mol. The third-order valence-electron chi connectivity index (χ3n) is 16.2.